The minimum Gasteiger partial charge on any atom is -0.363 e. The summed E-state index contributed by atoms with van der Waals surface area (Å²) < 4.78 is 29.9. The number of hydrogen-bond acceptors (Lipinski definition) is 1. The maximum Gasteiger partial charge on any atom is 0.184 e. The molecule has 0 spiro atoms. The number of hydrogen-bond donors (Lipinski definition) is 0. The van der Waals surface area contributed by atoms with Gasteiger partial charge in [-0.3, -0.25) is 5.32 Å². The molecule has 0 fully saturated rings. The van der Waals surface area contributed by atoms with Crippen molar-refractivity contribution in [3.05, 3.63) is 29.8 Å². The standard InChI is InChI=1S/C8H8F2NO/c1-12-5-11-7-4-2-3-6(9)8(7)10/h2-4H,5H2,1H3. The van der Waals surface area contributed by atoms with Crippen LogP contribution in [0.5, 0.6) is 0 Å². The number of ether oxygens (including phenoxy) is 1. The lowest BCUT2D eigenvalue weighted by Gasteiger charge is -2.02. The second-order valence-corrected chi connectivity index (χ2v) is 2.15. The zero-order valence-corrected chi connectivity index (χ0v) is 6.55. The number of halogens is 2. The monoisotopic (exact) mass is 172 g/mol. The molecule has 0 saturated carbocycles. The molecule has 0 aliphatic carbocycles. The highest BCUT2D eigenvalue weighted by atomic mass is 19.2. The Kier molecular flexibility index (Phi) is 2.99. The second kappa shape index (κ2) is 4.01. The molecule has 65 valence electrons. The molecule has 1 radical (unpaired) electrons. The highest BCUT2D eigenvalue weighted by Gasteiger charge is 2.06. The van der Waals surface area contributed by atoms with Crippen molar-refractivity contribution in [3.8, 4) is 0 Å². The largest absolute Gasteiger partial charge is 0.363 e. The van der Waals surface area contributed by atoms with Crippen molar-refractivity contribution < 1.29 is 13.5 Å². The van der Waals surface area contributed by atoms with Gasteiger partial charge in [0.15, 0.2) is 11.6 Å². The van der Waals surface area contributed by atoms with Crippen molar-refractivity contribution >= 4 is 5.69 Å². The van der Waals surface area contributed by atoms with E-state index in [0.717, 1.165) is 6.07 Å². The molecular weight excluding hydrogens is 164 g/mol. The van der Waals surface area contributed by atoms with Gasteiger partial charge in [0.2, 0.25) is 0 Å². The Labute approximate surface area is 69.2 Å². The molecular formula is C8H8F2NO. The van der Waals surface area contributed by atoms with E-state index < -0.39 is 11.6 Å². The van der Waals surface area contributed by atoms with Crippen LogP contribution in [0.2, 0.25) is 0 Å². The summed E-state index contributed by atoms with van der Waals surface area (Å²) in [5.41, 5.74) is -0.0168. The predicted octanol–water partition coefficient (Wildman–Crippen LogP) is 1.80. The van der Waals surface area contributed by atoms with E-state index in [4.69, 9.17) is 0 Å². The average molecular weight is 172 g/mol. The molecule has 0 heterocycles. The number of methoxy groups -OCH3 is 1. The van der Waals surface area contributed by atoms with Gasteiger partial charge in [0.25, 0.3) is 0 Å². The Morgan fingerprint density at radius 3 is 2.83 bits per heavy atom. The first kappa shape index (κ1) is 8.93. The fraction of sp³-hybridized carbons (Fsp3) is 0.250. The summed E-state index contributed by atoms with van der Waals surface area (Å²) in [5.74, 6) is -1.83. The number of benzene rings is 1. The van der Waals surface area contributed by atoms with E-state index in [-0.39, 0.29) is 12.4 Å². The van der Waals surface area contributed by atoms with Crippen molar-refractivity contribution in [2.24, 2.45) is 0 Å². The highest BCUT2D eigenvalue weighted by Crippen LogP contribution is 2.15. The molecule has 0 N–H and O–H groups in total. The lowest BCUT2D eigenvalue weighted by Crippen LogP contribution is -2.04. The molecule has 0 bridgehead atoms. The van der Waals surface area contributed by atoms with E-state index in [9.17, 15) is 8.78 Å². The van der Waals surface area contributed by atoms with Crippen LogP contribution in [-0.2, 0) is 4.74 Å². The third-order valence-corrected chi connectivity index (χ3v) is 1.30. The van der Waals surface area contributed by atoms with E-state index in [2.05, 4.69) is 10.1 Å². The quantitative estimate of drug-likeness (QED) is 0.681. The molecule has 0 atom stereocenters. The molecule has 0 aliphatic rings. The van der Waals surface area contributed by atoms with Crippen LogP contribution >= 0.6 is 0 Å². The fourth-order valence-electron chi connectivity index (χ4n) is 0.749. The van der Waals surface area contributed by atoms with E-state index in [1.807, 2.05) is 0 Å². The van der Waals surface area contributed by atoms with Gasteiger partial charge in [0, 0.05) is 7.11 Å². The maximum atomic E-state index is 12.8. The first-order chi connectivity index (χ1) is 5.75. The Bertz CT molecular complexity index is 265. The van der Waals surface area contributed by atoms with E-state index in [0.29, 0.717) is 0 Å². The predicted molar refractivity (Wildman–Crippen MR) is 40.0 cm³/mol. The summed E-state index contributed by atoms with van der Waals surface area (Å²) in [6.07, 6.45) is 0. The zero-order chi connectivity index (χ0) is 8.97. The smallest absolute Gasteiger partial charge is 0.184 e. The van der Waals surface area contributed by atoms with Gasteiger partial charge in [0.1, 0.15) is 6.73 Å². The van der Waals surface area contributed by atoms with Gasteiger partial charge in [-0.25, -0.2) is 8.78 Å². The van der Waals surface area contributed by atoms with Gasteiger partial charge in [-0.1, -0.05) is 6.07 Å². The summed E-state index contributed by atoms with van der Waals surface area (Å²) in [7, 11) is 1.43. The molecule has 0 aliphatic heterocycles. The molecule has 2 nitrogen and oxygen atoms in total. The molecule has 1 aromatic rings. The second-order valence-electron chi connectivity index (χ2n) is 2.15. The van der Waals surface area contributed by atoms with Crippen molar-refractivity contribution in [2.45, 2.75) is 0 Å². The van der Waals surface area contributed by atoms with E-state index >= 15 is 0 Å². The van der Waals surface area contributed by atoms with Crippen LogP contribution in [0.3, 0.4) is 0 Å². The Morgan fingerprint density at radius 1 is 1.42 bits per heavy atom. The third-order valence-electron chi connectivity index (χ3n) is 1.30. The minimum atomic E-state index is -0.936. The van der Waals surface area contributed by atoms with Crippen molar-refractivity contribution in [3.63, 3.8) is 0 Å². The topological polar surface area (TPSA) is 23.3 Å². The lowest BCUT2D eigenvalue weighted by atomic mass is 10.3. The van der Waals surface area contributed by atoms with Crippen LogP contribution in [0, 0.1) is 11.6 Å². The van der Waals surface area contributed by atoms with Crippen LogP contribution in [0.4, 0.5) is 14.5 Å². The van der Waals surface area contributed by atoms with Crippen molar-refractivity contribution in [2.75, 3.05) is 13.8 Å². The lowest BCUT2D eigenvalue weighted by molar-refractivity contribution is 0.185. The Balaban J connectivity index is 2.78. The summed E-state index contributed by atoms with van der Waals surface area (Å²) in [4.78, 5) is 0. The van der Waals surface area contributed by atoms with Crippen LogP contribution in [-0.4, -0.2) is 13.8 Å². The van der Waals surface area contributed by atoms with Gasteiger partial charge in [-0.05, 0) is 12.1 Å². The number of rotatable bonds is 3. The molecule has 0 saturated heterocycles. The van der Waals surface area contributed by atoms with Crippen LogP contribution in [0.25, 0.3) is 0 Å². The first-order valence-electron chi connectivity index (χ1n) is 3.36. The molecule has 0 aromatic heterocycles. The summed E-state index contributed by atoms with van der Waals surface area (Å²) in [6, 6.07) is 3.82. The molecule has 0 unspecified atom stereocenters. The van der Waals surface area contributed by atoms with E-state index in [1.165, 1.54) is 19.2 Å². The van der Waals surface area contributed by atoms with Gasteiger partial charge in [-0.2, -0.15) is 0 Å². The summed E-state index contributed by atoms with van der Waals surface area (Å²) in [6.45, 7) is 0.0281. The van der Waals surface area contributed by atoms with Crippen molar-refractivity contribution in [1.82, 2.24) is 5.32 Å². The highest BCUT2D eigenvalue weighted by molar-refractivity contribution is 5.37. The Morgan fingerprint density at radius 2 is 2.17 bits per heavy atom. The number of nitrogens with zero attached hydrogens (tertiary/aromatic N) is 1. The zero-order valence-electron chi connectivity index (χ0n) is 6.55. The SMILES string of the molecule is COC[N]c1cccc(F)c1F. The van der Waals surface area contributed by atoms with Crippen LogP contribution < -0.4 is 5.32 Å². The maximum absolute atomic E-state index is 12.8. The molecule has 1 rings (SSSR count). The van der Waals surface area contributed by atoms with Crippen molar-refractivity contribution in [1.29, 1.82) is 0 Å². The third kappa shape index (κ3) is 1.92. The average Bonchev–Trinajstić information content (AvgIpc) is 2.08. The molecule has 12 heavy (non-hydrogen) atoms. The van der Waals surface area contributed by atoms with Gasteiger partial charge in [-0.15, -0.1) is 0 Å². The Hall–Kier alpha value is -1.16. The van der Waals surface area contributed by atoms with Gasteiger partial charge in [0.05, 0.1) is 5.69 Å². The van der Waals surface area contributed by atoms with Crippen LogP contribution in [0.1, 0.15) is 0 Å². The van der Waals surface area contributed by atoms with Gasteiger partial charge >= 0.3 is 0 Å². The molecule has 0 amide bonds. The fourth-order valence-corrected chi connectivity index (χ4v) is 0.749. The first-order valence-corrected chi connectivity index (χ1v) is 3.36. The van der Waals surface area contributed by atoms with E-state index in [1.54, 1.807) is 0 Å². The summed E-state index contributed by atoms with van der Waals surface area (Å²) >= 11 is 0. The van der Waals surface area contributed by atoms with Gasteiger partial charge < -0.3 is 4.74 Å². The normalized spacial score (nSPS) is 9.92. The molecule has 4 heteroatoms. The van der Waals surface area contributed by atoms with Crippen LogP contribution in [0.15, 0.2) is 18.2 Å². The molecule has 1 aromatic carbocycles. The summed E-state index contributed by atoms with van der Waals surface area (Å²) in [5, 5.41) is 3.65. The minimum absolute atomic E-state index is 0.0168.